The van der Waals surface area contributed by atoms with Gasteiger partial charge in [0.2, 0.25) is 0 Å². The molecule has 0 saturated heterocycles. The Balaban J connectivity index is 2.91. The lowest BCUT2D eigenvalue weighted by atomic mass is 9.85. The van der Waals surface area contributed by atoms with Crippen LogP contribution in [0.15, 0.2) is 47.1 Å². The van der Waals surface area contributed by atoms with E-state index in [2.05, 4.69) is 45.6 Å². The number of hydrogen-bond donors (Lipinski definition) is 1. The minimum atomic E-state index is -0.758. The highest BCUT2D eigenvalue weighted by Gasteiger charge is 2.26. The van der Waals surface area contributed by atoms with Crippen LogP contribution < -0.4 is 0 Å². The molecule has 1 aliphatic rings. The van der Waals surface area contributed by atoms with Crippen LogP contribution in [0.1, 0.15) is 72.6 Å². The molecule has 0 radical (unpaired) electrons. The van der Waals surface area contributed by atoms with E-state index in [0.717, 1.165) is 44.1 Å². The van der Waals surface area contributed by atoms with Gasteiger partial charge in [0.1, 0.15) is 0 Å². The monoisotopic (exact) mass is 288 g/mol. The average molecular weight is 288 g/mol. The lowest BCUT2D eigenvalue weighted by Crippen LogP contribution is -2.29. The first-order valence-electron chi connectivity index (χ1n) is 8.19. The standard InChI is InChI=1S/C20H32O/c1-16(2)20(21)14-12-18(4)10-6-8-17(3)9-7-11-19(5)13-15-20/h8,11-12,21H,1,6-7,9-10,13-15H2,2-5H3/b17-8+,18-12+,19-11+. The van der Waals surface area contributed by atoms with E-state index < -0.39 is 5.60 Å². The second-order valence-corrected chi connectivity index (χ2v) is 6.74. The molecule has 1 nitrogen and oxygen atoms in total. The van der Waals surface area contributed by atoms with Crippen LogP contribution in [0.4, 0.5) is 0 Å². The molecule has 1 heteroatoms. The van der Waals surface area contributed by atoms with Gasteiger partial charge < -0.3 is 5.11 Å². The third-order valence-electron chi connectivity index (χ3n) is 4.58. The Kier molecular flexibility index (Phi) is 7.17. The maximum Gasteiger partial charge on any atom is 0.0888 e. The highest BCUT2D eigenvalue weighted by Crippen LogP contribution is 2.29. The minimum Gasteiger partial charge on any atom is -0.385 e. The molecule has 0 aromatic heterocycles. The number of allylic oxidation sites excluding steroid dienone is 5. The first-order valence-corrected chi connectivity index (χ1v) is 8.19. The number of hydrogen-bond acceptors (Lipinski definition) is 1. The summed E-state index contributed by atoms with van der Waals surface area (Å²) in [5.41, 5.74) is 4.35. The summed E-state index contributed by atoms with van der Waals surface area (Å²) in [5, 5.41) is 10.9. The zero-order valence-electron chi connectivity index (χ0n) is 14.3. The molecule has 21 heavy (non-hydrogen) atoms. The average Bonchev–Trinajstić information content (AvgIpc) is 2.42. The Hall–Kier alpha value is -1.08. The highest BCUT2D eigenvalue weighted by atomic mass is 16.3. The Morgan fingerprint density at radius 2 is 1.43 bits per heavy atom. The van der Waals surface area contributed by atoms with Crippen molar-refractivity contribution >= 4 is 0 Å². The molecule has 1 N–H and O–H groups in total. The maximum atomic E-state index is 10.9. The number of rotatable bonds is 1. The second-order valence-electron chi connectivity index (χ2n) is 6.74. The van der Waals surface area contributed by atoms with Gasteiger partial charge in [0.05, 0.1) is 5.60 Å². The van der Waals surface area contributed by atoms with E-state index in [-0.39, 0.29) is 0 Å². The van der Waals surface area contributed by atoms with Gasteiger partial charge in [-0.3, -0.25) is 0 Å². The van der Waals surface area contributed by atoms with Gasteiger partial charge in [-0.2, -0.15) is 0 Å². The maximum absolute atomic E-state index is 10.9. The zero-order chi connectivity index (χ0) is 15.9. The van der Waals surface area contributed by atoms with Crippen LogP contribution in [0.3, 0.4) is 0 Å². The van der Waals surface area contributed by atoms with Crippen molar-refractivity contribution in [1.29, 1.82) is 0 Å². The van der Waals surface area contributed by atoms with Crippen molar-refractivity contribution in [3.63, 3.8) is 0 Å². The van der Waals surface area contributed by atoms with Gasteiger partial charge in [0.15, 0.2) is 0 Å². The normalized spacial score (nSPS) is 33.7. The largest absolute Gasteiger partial charge is 0.385 e. The molecule has 118 valence electrons. The molecule has 0 fully saturated rings. The van der Waals surface area contributed by atoms with Crippen molar-refractivity contribution in [3.8, 4) is 0 Å². The molecule has 0 saturated carbocycles. The summed E-state index contributed by atoms with van der Waals surface area (Å²) < 4.78 is 0. The fourth-order valence-corrected chi connectivity index (χ4v) is 2.64. The molecule has 0 bridgehead atoms. The molecule has 1 aliphatic carbocycles. The zero-order valence-corrected chi connectivity index (χ0v) is 14.3. The molecule has 0 amide bonds. The Morgan fingerprint density at radius 3 is 1.95 bits per heavy atom. The lowest BCUT2D eigenvalue weighted by Gasteiger charge is -2.28. The summed E-state index contributed by atoms with van der Waals surface area (Å²) in [6, 6.07) is 0. The second kappa shape index (κ2) is 8.38. The van der Waals surface area contributed by atoms with Gasteiger partial charge in [0, 0.05) is 0 Å². The van der Waals surface area contributed by atoms with Gasteiger partial charge in [-0.15, -0.1) is 0 Å². The SMILES string of the molecule is C=C(C)C1(O)C/C=C(\C)CC/C=C(\C)CC/C=C(\C)CC1. The van der Waals surface area contributed by atoms with Crippen LogP contribution in [-0.2, 0) is 0 Å². The van der Waals surface area contributed by atoms with E-state index in [4.69, 9.17) is 0 Å². The quantitative estimate of drug-likeness (QED) is 0.598. The van der Waals surface area contributed by atoms with Crippen molar-refractivity contribution in [2.45, 2.75) is 78.2 Å². The molecule has 1 atom stereocenters. The Bertz CT molecular complexity index is 450. The molecule has 0 spiro atoms. The fourth-order valence-electron chi connectivity index (χ4n) is 2.64. The van der Waals surface area contributed by atoms with E-state index in [1.54, 1.807) is 0 Å². The topological polar surface area (TPSA) is 20.2 Å². The lowest BCUT2D eigenvalue weighted by molar-refractivity contribution is 0.0726. The van der Waals surface area contributed by atoms with Crippen molar-refractivity contribution in [1.82, 2.24) is 0 Å². The summed E-state index contributed by atoms with van der Waals surface area (Å²) in [7, 11) is 0. The van der Waals surface area contributed by atoms with E-state index in [1.165, 1.54) is 16.7 Å². The molecule has 0 aliphatic heterocycles. The van der Waals surface area contributed by atoms with Crippen LogP contribution in [0.5, 0.6) is 0 Å². The minimum absolute atomic E-state index is 0.685. The molecule has 0 aromatic carbocycles. The summed E-state index contributed by atoms with van der Waals surface area (Å²) in [6.07, 6.45) is 13.7. The van der Waals surface area contributed by atoms with Crippen LogP contribution in [0.2, 0.25) is 0 Å². The molecular weight excluding hydrogens is 256 g/mol. The van der Waals surface area contributed by atoms with Gasteiger partial charge in [-0.1, -0.05) is 41.5 Å². The smallest absolute Gasteiger partial charge is 0.0888 e. The van der Waals surface area contributed by atoms with Crippen molar-refractivity contribution in [3.05, 3.63) is 47.1 Å². The van der Waals surface area contributed by atoms with Crippen LogP contribution in [0, 0.1) is 0 Å². The van der Waals surface area contributed by atoms with E-state index in [0.29, 0.717) is 6.42 Å². The third-order valence-corrected chi connectivity index (χ3v) is 4.58. The van der Waals surface area contributed by atoms with Crippen LogP contribution in [0.25, 0.3) is 0 Å². The van der Waals surface area contributed by atoms with Crippen LogP contribution >= 0.6 is 0 Å². The van der Waals surface area contributed by atoms with Crippen molar-refractivity contribution < 1.29 is 5.11 Å². The predicted molar refractivity (Wildman–Crippen MR) is 93.4 cm³/mol. The highest BCUT2D eigenvalue weighted by molar-refractivity contribution is 5.16. The summed E-state index contributed by atoms with van der Waals surface area (Å²) >= 11 is 0. The van der Waals surface area contributed by atoms with Gasteiger partial charge in [-0.25, -0.2) is 0 Å². The molecule has 0 aromatic rings. The van der Waals surface area contributed by atoms with E-state index >= 15 is 0 Å². The molecule has 0 heterocycles. The van der Waals surface area contributed by atoms with Gasteiger partial charge in [0.25, 0.3) is 0 Å². The summed E-state index contributed by atoms with van der Waals surface area (Å²) in [4.78, 5) is 0. The van der Waals surface area contributed by atoms with E-state index in [1.807, 2.05) is 6.92 Å². The Labute approximate surface area is 131 Å². The van der Waals surface area contributed by atoms with Gasteiger partial charge in [-0.05, 0) is 78.2 Å². The van der Waals surface area contributed by atoms with Crippen LogP contribution in [-0.4, -0.2) is 10.7 Å². The third kappa shape index (κ3) is 6.48. The fraction of sp³-hybridized carbons (Fsp3) is 0.600. The van der Waals surface area contributed by atoms with E-state index in [9.17, 15) is 5.11 Å². The molecular formula is C20H32O. The van der Waals surface area contributed by atoms with Crippen molar-refractivity contribution in [2.75, 3.05) is 0 Å². The summed E-state index contributed by atoms with van der Waals surface area (Å²) in [5.74, 6) is 0. The summed E-state index contributed by atoms with van der Waals surface area (Å²) in [6.45, 7) is 12.5. The first-order chi connectivity index (χ1) is 9.83. The predicted octanol–water partition coefficient (Wildman–Crippen LogP) is 5.88. The molecule has 1 unspecified atom stereocenters. The number of aliphatic hydroxyl groups is 1. The van der Waals surface area contributed by atoms with Gasteiger partial charge >= 0.3 is 0 Å². The van der Waals surface area contributed by atoms with Crippen molar-refractivity contribution in [2.24, 2.45) is 0 Å². The molecule has 1 rings (SSSR count). The Morgan fingerprint density at radius 1 is 0.952 bits per heavy atom. The first kappa shape index (κ1) is 18.0.